The Balaban J connectivity index is 1.97. The molecule has 0 radical (unpaired) electrons. The summed E-state index contributed by atoms with van der Waals surface area (Å²) in [6.07, 6.45) is 3.44. The molecule has 100 valence electrons. The number of hydrogen-bond acceptors (Lipinski definition) is 5. The summed E-state index contributed by atoms with van der Waals surface area (Å²) in [4.78, 5) is 22.8. The molecule has 1 amide bonds. The highest BCUT2D eigenvalue weighted by molar-refractivity contribution is 7.11. The number of anilines is 1. The Bertz CT molecular complexity index is 562. The van der Waals surface area contributed by atoms with Crippen LogP contribution >= 0.6 is 11.3 Å². The quantitative estimate of drug-likeness (QED) is 0.929. The molecule has 6 heteroatoms. The zero-order valence-electron chi connectivity index (χ0n) is 11.2. The fourth-order valence-electron chi connectivity index (χ4n) is 1.55. The molecular weight excluding hydrogens is 260 g/mol. The van der Waals surface area contributed by atoms with Gasteiger partial charge in [-0.3, -0.25) is 4.79 Å². The van der Waals surface area contributed by atoms with Crippen molar-refractivity contribution < 1.29 is 4.79 Å². The molecule has 1 N–H and O–H groups in total. The molecule has 0 aliphatic carbocycles. The van der Waals surface area contributed by atoms with Crippen molar-refractivity contribution in [2.24, 2.45) is 0 Å². The number of aryl methyl sites for hydroxylation is 1. The van der Waals surface area contributed by atoms with E-state index in [9.17, 15) is 4.79 Å². The molecule has 0 bridgehead atoms. The van der Waals surface area contributed by atoms with Crippen molar-refractivity contribution in [3.63, 3.8) is 0 Å². The summed E-state index contributed by atoms with van der Waals surface area (Å²) in [5.41, 5.74) is 0.587. The van der Waals surface area contributed by atoms with Gasteiger partial charge in [-0.2, -0.15) is 0 Å². The minimum Gasteiger partial charge on any atom is -0.365 e. The summed E-state index contributed by atoms with van der Waals surface area (Å²) in [6, 6.07) is 3.58. The molecule has 0 aliphatic heterocycles. The van der Waals surface area contributed by atoms with Crippen molar-refractivity contribution in [1.82, 2.24) is 14.9 Å². The van der Waals surface area contributed by atoms with E-state index in [2.05, 4.69) is 15.3 Å². The molecule has 2 heterocycles. The molecule has 19 heavy (non-hydrogen) atoms. The van der Waals surface area contributed by atoms with E-state index in [0.29, 0.717) is 12.1 Å². The Labute approximate surface area is 116 Å². The Hall–Kier alpha value is -1.95. The first kappa shape index (κ1) is 13.5. The Morgan fingerprint density at radius 3 is 2.63 bits per heavy atom. The Morgan fingerprint density at radius 1 is 1.32 bits per heavy atom. The lowest BCUT2D eigenvalue weighted by Crippen LogP contribution is -2.21. The highest BCUT2D eigenvalue weighted by Gasteiger charge is 2.08. The number of carbonyl (C=O) groups excluding carboxylic acids is 1. The van der Waals surface area contributed by atoms with Crippen LogP contribution in [0.15, 0.2) is 24.5 Å². The number of amides is 1. The van der Waals surface area contributed by atoms with E-state index in [1.54, 1.807) is 37.7 Å². The van der Waals surface area contributed by atoms with Crippen LogP contribution < -0.4 is 5.32 Å². The summed E-state index contributed by atoms with van der Waals surface area (Å²) >= 11 is 1.66. The topological polar surface area (TPSA) is 58.1 Å². The smallest absolute Gasteiger partial charge is 0.254 e. The average molecular weight is 276 g/mol. The SMILES string of the molecule is Cc1ncc(CNc2ccc(C(=O)N(C)C)cn2)s1. The second kappa shape index (κ2) is 5.79. The third-order valence-electron chi connectivity index (χ3n) is 2.53. The van der Waals surface area contributed by atoms with Crippen molar-refractivity contribution in [3.8, 4) is 0 Å². The van der Waals surface area contributed by atoms with Crippen LogP contribution in [0.25, 0.3) is 0 Å². The van der Waals surface area contributed by atoms with Crippen LogP contribution in [0.2, 0.25) is 0 Å². The van der Waals surface area contributed by atoms with Gasteiger partial charge in [0.2, 0.25) is 0 Å². The van der Waals surface area contributed by atoms with Gasteiger partial charge in [-0.05, 0) is 19.1 Å². The summed E-state index contributed by atoms with van der Waals surface area (Å²) in [6.45, 7) is 2.67. The van der Waals surface area contributed by atoms with Gasteiger partial charge in [-0.1, -0.05) is 0 Å². The zero-order chi connectivity index (χ0) is 13.8. The highest BCUT2D eigenvalue weighted by Crippen LogP contribution is 2.14. The lowest BCUT2D eigenvalue weighted by Gasteiger charge is -2.10. The van der Waals surface area contributed by atoms with Crippen molar-refractivity contribution in [1.29, 1.82) is 0 Å². The van der Waals surface area contributed by atoms with E-state index < -0.39 is 0 Å². The van der Waals surface area contributed by atoms with Crippen LogP contribution in [0.5, 0.6) is 0 Å². The van der Waals surface area contributed by atoms with Gasteiger partial charge in [0.05, 0.1) is 17.1 Å². The molecule has 0 unspecified atom stereocenters. The maximum absolute atomic E-state index is 11.7. The van der Waals surface area contributed by atoms with Crippen LogP contribution in [0, 0.1) is 6.92 Å². The Kier molecular flexibility index (Phi) is 4.11. The highest BCUT2D eigenvalue weighted by atomic mass is 32.1. The van der Waals surface area contributed by atoms with Gasteiger partial charge in [0, 0.05) is 31.4 Å². The second-order valence-electron chi connectivity index (χ2n) is 4.33. The van der Waals surface area contributed by atoms with Gasteiger partial charge >= 0.3 is 0 Å². The fourth-order valence-corrected chi connectivity index (χ4v) is 2.28. The maximum Gasteiger partial charge on any atom is 0.254 e. The van der Waals surface area contributed by atoms with Crippen LogP contribution in [0.3, 0.4) is 0 Å². The largest absolute Gasteiger partial charge is 0.365 e. The van der Waals surface area contributed by atoms with Crippen LogP contribution in [0.4, 0.5) is 5.82 Å². The molecule has 0 saturated carbocycles. The number of aromatic nitrogens is 2. The van der Waals surface area contributed by atoms with E-state index in [1.165, 1.54) is 4.90 Å². The van der Waals surface area contributed by atoms with Gasteiger partial charge in [0.1, 0.15) is 5.82 Å². The van der Waals surface area contributed by atoms with Gasteiger partial charge in [-0.15, -0.1) is 11.3 Å². The van der Waals surface area contributed by atoms with Crippen molar-refractivity contribution >= 4 is 23.1 Å². The Morgan fingerprint density at radius 2 is 2.11 bits per heavy atom. The summed E-state index contributed by atoms with van der Waals surface area (Å²) in [5.74, 6) is 0.707. The van der Waals surface area contributed by atoms with Crippen LogP contribution in [-0.2, 0) is 6.54 Å². The van der Waals surface area contributed by atoms with Crippen LogP contribution in [-0.4, -0.2) is 34.9 Å². The monoisotopic (exact) mass is 276 g/mol. The molecular formula is C13H16N4OS. The normalized spacial score (nSPS) is 10.3. The number of thiazole rings is 1. The van der Waals surface area contributed by atoms with E-state index in [-0.39, 0.29) is 5.91 Å². The molecule has 2 rings (SSSR count). The predicted octanol–water partition coefficient (Wildman–Crippen LogP) is 2.16. The number of hydrogen-bond donors (Lipinski definition) is 1. The molecule has 2 aromatic rings. The minimum atomic E-state index is -0.0443. The number of carbonyl (C=O) groups is 1. The zero-order valence-corrected chi connectivity index (χ0v) is 12.0. The first-order valence-electron chi connectivity index (χ1n) is 5.89. The molecule has 0 aliphatic rings. The molecule has 0 fully saturated rings. The number of rotatable bonds is 4. The van der Waals surface area contributed by atoms with E-state index in [0.717, 1.165) is 15.7 Å². The third kappa shape index (κ3) is 3.51. The number of pyridine rings is 1. The number of nitrogens with one attached hydrogen (secondary N) is 1. The molecule has 0 saturated heterocycles. The maximum atomic E-state index is 11.7. The van der Waals surface area contributed by atoms with Crippen molar-refractivity contribution in [3.05, 3.63) is 40.0 Å². The lowest BCUT2D eigenvalue weighted by atomic mass is 10.2. The van der Waals surface area contributed by atoms with Crippen molar-refractivity contribution in [2.75, 3.05) is 19.4 Å². The molecule has 5 nitrogen and oxygen atoms in total. The van der Waals surface area contributed by atoms with Gasteiger partial charge in [-0.25, -0.2) is 9.97 Å². The van der Waals surface area contributed by atoms with E-state index in [1.807, 2.05) is 19.2 Å². The molecule has 2 aromatic heterocycles. The van der Waals surface area contributed by atoms with Gasteiger partial charge in [0.25, 0.3) is 5.91 Å². The third-order valence-corrected chi connectivity index (χ3v) is 3.44. The van der Waals surface area contributed by atoms with Crippen LogP contribution in [0.1, 0.15) is 20.2 Å². The minimum absolute atomic E-state index is 0.0443. The standard InChI is InChI=1S/C13H16N4OS/c1-9-14-7-11(19-9)8-16-12-5-4-10(6-15-12)13(18)17(2)3/h4-7H,8H2,1-3H3,(H,15,16). The molecule has 0 spiro atoms. The summed E-state index contributed by atoms with van der Waals surface area (Å²) in [5, 5.41) is 4.26. The van der Waals surface area contributed by atoms with Gasteiger partial charge < -0.3 is 10.2 Å². The summed E-state index contributed by atoms with van der Waals surface area (Å²) < 4.78 is 0. The predicted molar refractivity (Wildman–Crippen MR) is 76.4 cm³/mol. The lowest BCUT2D eigenvalue weighted by molar-refractivity contribution is 0.0827. The van der Waals surface area contributed by atoms with E-state index >= 15 is 0 Å². The van der Waals surface area contributed by atoms with E-state index in [4.69, 9.17) is 0 Å². The second-order valence-corrected chi connectivity index (χ2v) is 5.65. The average Bonchev–Trinajstić information content (AvgIpc) is 2.82. The van der Waals surface area contributed by atoms with Gasteiger partial charge in [0.15, 0.2) is 0 Å². The first-order valence-corrected chi connectivity index (χ1v) is 6.71. The molecule has 0 aromatic carbocycles. The number of nitrogens with zero attached hydrogens (tertiary/aromatic N) is 3. The molecule has 0 atom stereocenters. The van der Waals surface area contributed by atoms with Crippen molar-refractivity contribution in [2.45, 2.75) is 13.5 Å². The first-order chi connectivity index (χ1) is 9.06. The fraction of sp³-hybridized carbons (Fsp3) is 0.308. The summed E-state index contributed by atoms with van der Waals surface area (Å²) in [7, 11) is 3.45.